The molecule has 0 atom stereocenters. The van der Waals surface area contributed by atoms with E-state index < -0.39 is 0 Å². The number of ketones is 1. The Labute approximate surface area is 165 Å². The molecule has 0 unspecified atom stereocenters. The van der Waals surface area contributed by atoms with Crippen molar-refractivity contribution in [2.75, 3.05) is 5.32 Å². The summed E-state index contributed by atoms with van der Waals surface area (Å²) < 4.78 is 7.01. The molecule has 3 rings (SSSR count). The third-order valence-electron chi connectivity index (χ3n) is 3.60. The maximum Gasteiger partial charge on any atom is 0.248 e. The fourth-order valence-electron chi connectivity index (χ4n) is 2.31. The van der Waals surface area contributed by atoms with E-state index in [4.69, 9.17) is 27.6 Å². The van der Waals surface area contributed by atoms with E-state index in [0.717, 1.165) is 0 Å². The lowest BCUT2D eigenvalue weighted by Gasteiger charge is -2.00. The number of aromatic nitrogens is 2. The van der Waals surface area contributed by atoms with Gasteiger partial charge in [0.15, 0.2) is 11.5 Å². The number of carbonyl (C=O) groups excluding carboxylic acids is 2. The van der Waals surface area contributed by atoms with E-state index in [1.54, 1.807) is 47.3 Å². The highest BCUT2D eigenvalue weighted by molar-refractivity contribution is 6.35. The lowest BCUT2D eigenvalue weighted by molar-refractivity contribution is -0.111. The zero-order valence-corrected chi connectivity index (χ0v) is 15.8. The van der Waals surface area contributed by atoms with Crippen LogP contribution in [-0.2, 0) is 11.3 Å². The zero-order chi connectivity index (χ0) is 19.4. The highest BCUT2D eigenvalue weighted by Gasteiger charge is 2.08. The van der Waals surface area contributed by atoms with Gasteiger partial charge < -0.3 is 9.73 Å². The molecule has 0 aliphatic heterocycles. The summed E-state index contributed by atoms with van der Waals surface area (Å²) in [7, 11) is 0. The quantitative estimate of drug-likeness (QED) is 0.478. The highest BCUT2D eigenvalue weighted by atomic mass is 35.5. The molecule has 0 saturated heterocycles. The number of Topliss-reactive ketones (excluding diaryl/α,β-unsaturated/α-hetero) is 1. The van der Waals surface area contributed by atoms with Crippen LogP contribution in [0.4, 0.5) is 5.69 Å². The summed E-state index contributed by atoms with van der Waals surface area (Å²) in [6.45, 7) is 1.79. The molecule has 0 fully saturated rings. The van der Waals surface area contributed by atoms with Crippen LogP contribution in [-0.4, -0.2) is 21.5 Å². The maximum absolute atomic E-state index is 12.0. The summed E-state index contributed by atoms with van der Waals surface area (Å²) in [5, 5.41) is 7.86. The van der Waals surface area contributed by atoms with Crippen molar-refractivity contribution in [3.8, 4) is 0 Å². The van der Waals surface area contributed by atoms with Crippen LogP contribution in [0, 0.1) is 0 Å². The van der Waals surface area contributed by atoms with Crippen molar-refractivity contribution in [2.45, 2.75) is 13.5 Å². The summed E-state index contributed by atoms with van der Waals surface area (Å²) in [5.74, 6) is 0.440. The van der Waals surface area contributed by atoms with Crippen molar-refractivity contribution in [3.05, 3.63) is 75.9 Å². The Bertz CT molecular complexity index is 1020. The normalized spacial score (nSPS) is 11.1. The van der Waals surface area contributed by atoms with Crippen LogP contribution in [0.5, 0.6) is 0 Å². The molecule has 1 N–H and O–H groups in total. The minimum atomic E-state index is -0.322. The minimum Gasteiger partial charge on any atom is -0.456 e. The Morgan fingerprint density at radius 2 is 2.07 bits per heavy atom. The molecule has 6 nitrogen and oxygen atoms in total. The average Bonchev–Trinajstić information content (AvgIpc) is 3.24. The second-order valence-corrected chi connectivity index (χ2v) is 6.58. The number of furan rings is 1. The van der Waals surface area contributed by atoms with Gasteiger partial charge in [0.25, 0.3) is 0 Å². The number of halogens is 2. The van der Waals surface area contributed by atoms with Crippen LogP contribution in [0.1, 0.15) is 28.8 Å². The summed E-state index contributed by atoms with van der Waals surface area (Å²) in [6.07, 6.45) is 6.16. The number of benzene rings is 1. The Morgan fingerprint density at radius 3 is 2.78 bits per heavy atom. The lowest BCUT2D eigenvalue weighted by atomic mass is 10.2. The van der Waals surface area contributed by atoms with Gasteiger partial charge in [-0.3, -0.25) is 14.3 Å². The van der Waals surface area contributed by atoms with Gasteiger partial charge in [-0.1, -0.05) is 29.3 Å². The van der Waals surface area contributed by atoms with Gasteiger partial charge in [0.05, 0.1) is 18.4 Å². The van der Waals surface area contributed by atoms with Crippen LogP contribution in [0.3, 0.4) is 0 Å². The Hall–Kier alpha value is -2.83. The predicted octanol–water partition coefficient (Wildman–Crippen LogP) is 4.69. The largest absolute Gasteiger partial charge is 0.456 e. The van der Waals surface area contributed by atoms with Gasteiger partial charge in [-0.25, -0.2) is 0 Å². The van der Waals surface area contributed by atoms with Crippen molar-refractivity contribution in [2.24, 2.45) is 0 Å². The first-order valence-corrected chi connectivity index (χ1v) is 8.72. The molecule has 0 spiro atoms. The van der Waals surface area contributed by atoms with Gasteiger partial charge in [-0.2, -0.15) is 5.10 Å². The smallest absolute Gasteiger partial charge is 0.248 e. The van der Waals surface area contributed by atoms with E-state index >= 15 is 0 Å². The summed E-state index contributed by atoms with van der Waals surface area (Å²) in [4.78, 5) is 23.3. The molecule has 3 aromatic rings. The lowest BCUT2D eigenvalue weighted by Crippen LogP contribution is -2.07. The van der Waals surface area contributed by atoms with Gasteiger partial charge >= 0.3 is 0 Å². The molecule has 1 amide bonds. The van der Waals surface area contributed by atoms with Crippen molar-refractivity contribution >= 4 is 46.7 Å². The number of amides is 1. The van der Waals surface area contributed by atoms with Gasteiger partial charge in [0.1, 0.15) is 5.76 Å². The van der Waals surface area contributed by atoms with Crippen LogP contribution < -0.4 is 5.32 Å². The number of carbonyl (C=O) groups is 2. The number of nitrogens with zero attached hydrogens (tertiary/aromatic N) is 2. The van der Waals surface area contributed by atoms with Crippen molar-refractivity contribution < 1.29 is 14.0 Å². The molecule has 8 heteroatoms. The number of anilines is 1. The standard InChI is InChI=1S/C19H15Cl2N3O3/c1-12(25)18-6-5-16(27-18)11-24-10-15(9-22-24)23-19(26)7-3-13-2-4-14(20)8-17(13)21/h2-10H,11H2,1H3,(H,23,26). The zero-order valence-electron chi connectivity index (χ0n) is 14.3. The fraction of sp³-hybridized carbons (Fsp3) is 0.105. The van der Waals surface area contributed by atoms with Crippen molar-refractivity contribution in [1.82, 2.24) is 9.78 Å². The van der Waals surface area contributed by atoms with Gasteiger partial charge in [-0.15, -0.1) is 0 Å². The topological polar surface area (TPSA) is 77.1 Å². The molecule has 0 saturated carbocycles. The second kappa shape index (κ2) is 8.24. The first kappa shape index (κ1) is 18.9. The van der Waals surface area contributed by atoms with Crippen LogP contribution >= 0.6 is 23.2 Å². The fourth-order valence-corrected chi connectivity index (χ4v) is 2.78. The summed E-state index contributed by atoms with van der Waals surface area (Å²) in [6, 6.07) is 8.37. The van der Waals surface area contributed by atoms with E-state index in [2.05, 4.69) is 10.4 Å². The molecule has 2 aromatic heterocycles. The number of nitrogens with one attached hydrogen (secondary N) is 1. The first-order valence-electron chi connectivity index (χ1n) is 7.97. The van der Waals surface area contributed by atoms with E-state index in [-0.39, 0.29) is 11.7 Å². The molecular weight excluding hydrogens is 389 g/mol. The highest BCUT2D eigenvalue weighted by Crippen LogP contribution is 2.22. The SMILES string of the molecule is CC(=O)c1ccc(Cn2cc(NC(=O)C=Cc3ccc(Cl)cc3Cl)cn2)o1. The Morgan fingerprint density at radius 1 is 1.26 bits per heavy atom. The van der Waals surface area contributed by atoms with E-state index in [9.17, 15) is 9.59 Å². The first-order chi connectivity index (χ1) is 12.9. The number of hydrogen-bond acceptors (Lipinski definition) is 4. The number of rotatable bonds is 6. The molecule has 0 aliphatic rings. The Kier molecular flexibility index (Phi) is 5.78. The van der Waals surface area contributed by atoms with Crippen molar-refractivity contribution in [3.63, 3.8) is 0 Å². The molecule has 27 heavy (non-hydrogen) atoms. The predicted molar refractivity (Wildman–Crippen MR) is 104 cm³/mol. The van der Waals surface area contributed by atoms with Gasteiger partial charge in [0.2, 0.25) is 5.91 Å². The molecular formula is C19H15Cl2N3O3. The second-order valence-electron chi connectivity index (χ2n) is 5.74. The average molecular weight is 404 g/mol. The minimum absolute atomic E-state index is 0.137. The Balaban J connectivity index is 1.60. The van der Waals surface area contributed by atoms with Gasteiger partial charge in [-0.05, 0) is 35.9 Å². The van der Waals surface area contributed by atoms with Crippen LogP contribution in [0.2, 0.25) is 10.0 Å². The van der Waals surface area contributed by atoms with E-state index in [0.29, 0.717) is 39.4 Å². The molecule has 2 heterocycles. The molecule has 138 valence electrons. The number of hydrogen-bond donors (Lipinski definition) is 1. The maximum atomic E-state index is 12.0. The van der Waals surface area contributed by atoms with E-state index in [1.807, 2.05) is 0 Å². The van der Waals surface area contributed by atoms with Crippen LogP contribution in [0.25, 0.3) is 6.08 Å². The monoisotopic (exact) mass is 403 g/mol. The summed E-state index contributed by atoms with van der Waals surface area (Å²) in [5.41, 5.74) is 1.22. The van der Waals surface area contributed by atoms with Crippen molar-refractivity contribution in [1.29, 1.82) is 0 Å². The third-order valence-corrected chi connectivity index (χ3v) is 4.17. The van der Waals surface area contributed by atoms with E-state index in [1.165, 1.54) is 19.2 Å². The molecule has 0 bridgehead atoms. The summed E-state index contributed by atoms with van der Waals surface area (Å²) >= 11 is 11.9. The molecule has 1 aromatic carbocycles. The van der Waals surface area contributed by atoms with Gasteiger partial charge in [0, 0.05) is 29.2 Å². The van der Waals surface area contributed by atoms with Crippen LogP contribution in [0.15, 0.2) is 53.2 Å². The molecule has 0 aliphatic carbocycles. The third kappa shape index (κ3) is 5.09. The molecule has 0 radical (unpaired) electrons.